The molecule has 0 aliphatic carbocycles. The summed E-state index contributed by atoms with van der Waals surface area (Å²) in [6.07, 6.45) is 1.05. The zero-order chi connectivity index (χ0) is 11.4. The number of rotatable bonds is 4. The molecule has 1 atom stereocenters. The van der Waals surface area contributed by atoms with E-state index in [-0.39, 0.29) is 12.1 Å². The van der Waals surface area contributed by atoms with Gasteiger partial charge in [0, 0.05) is 6.07 Å². The number of nitrogens with two attached hydrogens (primary N) is 1. The largest absolute Gasteiger partial charge is 0.474 e. The van der Waals surface area contributed by atoms with Crippen molar-refractivity contribution >= 4 is 17.5 Å². The highest BCUT2D eigenvalue weighted by Crippen LogP contribution is 2.17. The Morgan fingerprint density at radius 2 is 2.07 bits per heavy atom. The first-order chi connectivity index (χ1) is 6.97. The van der Waals surface area contributed by atoms with Gasteiger partial charge in [0.05, 0.1) is 6.10 Å². The van der Waals surface area contributed by atoms with Gasteiger partial charge in [0.1, 0.15) is 5.15 Å². The second-order valence-corrected chi connectivity index (χ2v) is 4.33. The minimum absolute atomic E-state index is 0.0929. The summed E-state index contributed by atoms with van der Waals surface area (Å²) in [5, 5.41) is 0.300. The molecule has 0 aliphatic heterocycles. The van der Waals surface area contributed by atoms with Crippen molar-refractivity contribution in [2.24, 2.45) is 5.92 Å². The van der Waals surface area contributed by atoms with E-state index in [0.29, 0.717) is 17.0 Å². The average molecular weight is 230 g/mol. The van der Waals surface area contributed by atoms with Crippen LogP contribution in [0.4, 0.5) is 5.95 Å². The Morgan fingerprint density at radius 1 is 1.40 bits per heavy atom. The van der Waals surface area contributed by atoms with Gasteiger partial charge in [-0.1, -0.05) is 25.4 Å². The van der Waals surface area contributed by atoms with E-state index < -0.39 is 0 Å². The fraction of sp³-hybridized carbons (Fsp3) is 0.600. The van der Waals surface area contributed by atoms with E-state index in [1.807, 2.05) is 6.92 Å². The summed E-state index contributed by atoms with van der Waals surface area (Å²) < 4.78 is 5.57. The van der Waals surface area contributed by atoms with E-state index in [4.69, 9.17) is 22.1 Å². The van der Waals surface area contributed by atoms with Gasteiger partial charge in [-0.2, -0.15) is 4.98 Å². The third-order valence-corrected chi connectivity index (χ3v) is 2.01. The lowest BCUT2D eigenvalue weighted by atomic mass is 10.1. The smallest absolute Gasteiger partial charge is 0.224 e. The second-order valence-electron chi connectivity index (χ2n) is 3.95. The number of ether oxygens (including phenoxy) is 1. The normalized spacial score (nSPS) is 12.9. The van der Waals surface area contributed by atoms with Crippen LogP contribution in [-0.2, 0) is 0 Å². The molecule has 84 valence electrons. The number of hydrogen-bond acceptors (Lipinski definition) is 4. The maximum absolute atomic E-state index is 5.73. The summed E-state index contributed by atoms with van der Waals surface area (Å²) in [6.45, 7) is 6.27. The van der Waals surface area contributed by atoms with Crippen LogP contribution in [0.25, 0.3) is 0 Å². The van der Waals surface area contributed by atoms with Crippen LogP contribution in [0.3, 0.4) is 0 Å². The van der Waals surface area contributed by atoms with Crippen LogP contribution in [0.5, 0.6) is 5.88 Å². The molecule has 0 amide bonds. The Kier molecular flexibility index (Phi) is 4.15. The van der Waals surface area contributed by atoms with Crippen molar-refractivity contribution in [3.05, 3.63) is 11.2 Å². The second kappa shape index (κ2) is 5.16. The lowest BCUT2D eigenvalue weighted by molar-refractivity contribution is 0.186. The van der Waals surface area contributed by atoms with Gasteiger partial charge < -0.3 is 10.5 Å². The van der Waals surface area contributed by atoms with E-state index in [2.05, 4.69) is 23.8 Å². The highest BCUT2D eigenvalue weighted by Gasteiger charge is 2.09. The minimum Gasteiger partial charge on any atom is -0.474 e. The van der Waals surface area contributed by atoms with Crippen molar-refractivity contribution in [2.75, 3.05) is 5.73 Å². The van der Waals surface area contributed by atoms with Crippen LogP contribution in [0.15, 0.2) is 6.07 Å². The Labute approximate surface area is 94.8 Å². The van der Waals surface area contributed by atoms with Crippen LogP contribution >= 0.6 is 11.6 Å². The van der Waals surface area contributed by atoms with Crippen LogP contribution in [-0.4, -0.2) is 16.1 Å². The molecule has 4 nitrogen and oxygen atoms in total. The number of nitrogen functional groups attached to an aromatic ring is 1. The van der Waals surface area contributed by atoms with E-state index in [1.54, 1.807) is 6.07 Å². The summed E-state index contributed by atoms with van der Waals surface area (Å²) in [4.78, 5) is 7.70. The van der Waals surface area contributed by atoms with Crippen LogP contribution < -0.4 is 10.5 Å². The number of anilines is 1. The van der Waals surface area contributed by atoms with Crippen molar-refractivity contribution in [3.8, 4) is 5.88 Å². The van der Waals surface area contributed by atoms with Crippen molar-refractivity contribution in [1.29, 1.82) is 0 Å². The predicted molar refractivity (Wildman–Crippen MR) is 61.0 cm³/mol. The molecule has 0 aromatic carbocycles. The van der Waals surface area contributed by atoms with Gasteiger partial charge in [-0.3, -0.25) is 0 Å². The molecule has 15 heavy (non-hydrogen) atoms. The molecular formula is C10H16ClN3O. The fourth-order valence-corrected chi connectivity index (χ4v) is 1.57. The predicted octanol–water partition coefficient (Wildman–Crippen LogP) is 2.53. The molecule has 1 unspecified atom stereocenters. The van der Waals surface area contributed by atoms with Crippen molar-refractivity contribution in [1.82, 2.24) is 9.97 Å². The zero-order valence-electron chi connectivity index (χ0n) is 9.20. The first-order valence-corrected chi connectivity index (χ1v) is 5.32. The number of aromatic nitrogens is 2. The molecule has 1 heterocycles. The molecule has 0 spiro atoms. The maximum atomic E-state index is 5.73. The minimum atomic E-state index is 0.0929. The Balaban J connectivity index is 2.63. The van der Waals surface area contributed by atoms with Gasteiger partial charge in [0.25, 0.3) is 0 Å². The SMILES string of the molecule is CC(C)CC(C)Oc1cc(Cl)nc(N)n1. The van der Waals surface area contributed by atoms with Gasteiger partial charge in [-0.05, 0) is 19.3 Å². The molecule has 1 aromatic heterocycles. The number of nitrogens with zero attached hydrogens (tertiary/aromatic N) is 2. The molecule has 0 aliphatic rings. The first-order valence-electron chi connectivity index (χ1n) is 4.94. The third kappa shape index (κ3) is 4.34. The maximum Gasteiger partial charge on any atom is 0.224 e. The lowest BCUT2D eigenvalue weighted by Gasteiger charge is -2.15. The lowest BCUT2D eigenvalue weighted by Crippen LogP contribution is -2.15. The summed E-state index contributed by atoms with van der Waals surface area (Å²) in [7, 11) is 0. The van der Waals surface area contributed by atoms with Gasteiger partial charge in [0.15, 0.2) is 0 Å². The van der Waals surface area contributed by atoms with Crippen LogP contribution in [0.2, 0.25) is 5.15 Å². The van der Waals surface area contributed by atoms with Gasteiger partial charge >= 0.3 is 0 Å². The fourth-order valence-electron chi connectivity index (χ4n) is 1.39. The summed E-state index contributed by atoms with van der Waals surface area (Å²) >= 11 is 5.73. The standard InChI is InChI=1S/C10H16ClN3O/c1-6(2)4-7(3)15-9-5-8(11)13-10(12)14-9/h5-7H,4H2,1-3H3,(H2,12,13,14). The molecule has 1 aromatic rings. The number of hydrogen-bond donors (Lipinski definition) is 1. The van der Waals surface area contributed by atoms with Crippen LogP contribution in [0.1, 0.15) is 27.2 Å². The first kappa shape index (κ1) is 12.0. The molecule has 0 radical (unpaired) electrons. The topological polar surface area (TPSA) is 61.0 Å². The summed E-state index contributed by atoms with van der Waals surface area (Å²) in [6, 6.07) is 1.56. The molecule has 0 bridgehead atoms. The quantitative estimate of drug-likeness (QED) is 0.806. The molecule has 2 N–H and O–H groups in total. The van der Waals surface area contributed by atoms with Crippen molar-refractivity contribution < 1.29 is 4.74 Å². The van der Waals surface area contributed by atoms with E-state index in [9.17, 15) is 0 Å². The van der Waals surface area contributed by atoms with E-state index in [0.717, 1.165) is 6.42 Å². The molecule has 0 saturated carbocycles. The van der Waals surface area contributed by atoms with E-state index >= 15 is 0 Å². The zero-order valence-corrected chi connectivity index (χ0v) is 9.95. The summed E-state index contributed by atoms with van der Waals surface area (Å²) in [5.41, 5.74) is 5.45. The monoisotopic (exact) mass is 229 g/mol. The highest BCUT2D eigenvalue weighted by atomic mass is 35.5. The molecule has 1 rings (SSSR count). The van der Waals surface area contributed by atoms with E-state index in [1.165, 1.54) is 0 Å². The Hall–Kier alpha value is -1.03. The van der Waals surface area contributed by atoms with Gasteiger partial charge in [-0.25, -0.2) is 4.98 Å². The summed E-state index contributed by atoms with van der Waals surface area (Å²) in [5.74, 6) is 1.14. The van der Waals surface area contributed by atoms with Crippen molar-refractivity contribution in [3.63, 3.8) is 0 Å². The molecule has 0 saturated heterocycles. The average Bonchev–Trinajstić information content (AvgIpc) is 1.98. The number of halogens is 1. The van der Waals surface area contributed by atoms with Gasteiger partial charge in [0.2, 0.25) is 11.8 Å². The van der Waals surface area contributed by atoms with Crippen molar-refractivity contribution in [2.45, 2.75) is 33.3 Å². The van der Waals surface area contributed by atoms with Gasteiger partial charge in [-0.15, -0.1) is 0 Å². The molecule has 0 fully saturated rings. The molecule has 5 heteroatoms. The van der Waals surface area contributed by atoms with Crippen LogP contribution in [0, 0.1) is 5.92 Å². The third-order valence-electron chi connectivity index (χ3n) is 1.81. The molecular weight excluding hydrogens is 214 g/mol. The Morgan fingerprint density at radius 3 is 2.60 bits per heavy atom. The highest BCUT2D eigenvalue weighted by molar-refractivity contribution is 6.29. The Bertz CT molecular complexity index is 310.